The maximum atomic E-state index is 5.51. The van der Waals surface area contributed by atoms with Crippen LogP contribution in [0.4, 0.5) is 0 Å². The lowest BCUT2D eigenvalue weighted by molar-refractivity contribution is 0.173. The number of rotatable bonds is 3. The third-order valence-electron chi connectivity index (χ3n) is 5.52. The van der Waals surface area contributed by atoms with Crippen molar-refractivity contribution in [2.45, 2.75) is 25.8 Å². The van der Waals surface area contributed by atoms with Gasteiger partial charge in [-0.15, -0.1) is 0 Å². The Morgan fingerprint density at radius 1 is 1.16 bits per heavy atom. The lowest BCUT2D eigenvalue weighted by Crippen LogP contribution is -2.35. The van der Waals surface area contributed by atoms with Gasteiger partial charge in [0, 0.05) is 19.3 Å². The molecule has 1 aliphatic carbocycles. The SMILES string of the molecule is C1=C(C2CCCN(Cc3ccc4c(c3)OCO4)C2)Cc2cccnc21. The maximum absolute atomic E-state index is 5.51. The lowest BCUT2D eigenvalue weighted by Gasteiger charge is -2.33. The summed E-state index contributed by atoms with van der Waals surface area (Å²) < 4.78 is 10.9. The van der Waals surface area contributed by atoms with E-state index in [0.29, 0.717) is 12.7 Å². The quantitative estimate of drug-likeness (QED) is 0.858. The second-order valence-corrected chi connectivity index (χ2v) is 7.21. The fourth-order valence-corrected chi connectivity index (χ4v) is 4.24. The van der Waals surface area contributed by atoms with E-state index in [1.165, 1.54) is 36.2 Å². The van der Waals surface area contributed by atoms with Crippen LogP contribution >= 0.6 is 0 Å². The van der Waals surface area contributed by atoms with E-state index >= 15 is 0 Å². The zero-order chi connectivity index (χ0) is 16.6. The molecule has 1 aromatic carbocycles. The van der Waals surface area contributed by atoms with Gasteiger partial charge in [0.05, 0.1) is 5.69 Å². The predicted molar refractivity (Wildman–Crippen MR) is 96.5 cm³/mol. The minimum absolute atomic E-state index is 0.341. The molecule has 5 rings (SSSR count). The van der Waals surface area contributed by atoms with Crippen LogP contribution in [0.3, 0.4) is 0 Å². The molecular formula is C21H22N2O2. The van der Waals surface area contributed by atoms with Crippen molar-refractivity contribution in [1.29, 1.82) is 0 Å². The molecule has 2 aromatic rings. The first kappa shape index (κ1) is 15.0. The molecule has 4 nitrogen and oxygen atoms in total. The zero-order valence-electron chi connectivity index (χ0n) is 14.3. The van der Waals surface area contributed by atoms with Crippen LogP contribution in [0.2, 0.25) is 0 Å². The molecular weight excluding hydrogens is 312 g/mol. The first-order valence-corrected chi connectivity index (χ1v) is 9.10. The molecule has 1 saturated heterocycles. The Balaban J connectivity index is 1.27. The number of hydrogen-bond donors (Lipinski definition) is 0. The van der Waals surface area contributed by atoms with Gasteiger partial charge in [-0.25, -0.2) is 0 Å². The summed E-state index contributed by atoms with van der Waals surface area (Å²) in [5.74, 6) is 2.39. The van der Waals surface area contributed by atoms with Crippen molar-refractivity contribution < 1.29 is 9.47 Å². The van der Waals surface area contributed by atoms with E-state index in [-0.39, 0.29) is 0 Å². The van der Waals surface area contributed by atoms with Crippen LogP contribution in [0.15, 0.2) is 42.1 Å². The summed E-state index contributed by atoms with van der Waals surface area (Å²) in [6, 6.07) is 10.6. The van der Waals surface area contributed by atoms with Gasteiger partial charge >= 0.3 is 0 Å². The molecule has 25 heavy (non-hydrogen) atoms. The molecule has 0 saturated carbocycles. The maximum Gasteiger partial charge on any atom is 0.231 e. The Kier molecular flexibility index (Phi) is 3.71. The number of ether oxygens (including phenoxy) is 2. The summed E-state index contributed by atoms with van der Waals surface area (Å²) in [6.07, 6.45) is 7.84. The largest absolute Gasteiger partial charge is 0.454 e. The summed E-state index contributed by atoms with van der Waals surface area (Å²) >= 11 is 0. The van der Waals surface area contributed by atoms with Crippen molar-refractivity contribution in [3.05, 3.63) is 58.9 Å². The van der Waals surface area contributed by atoms with Gasteiger partial charge in [-0.1, -0.05) is 17.7 Å². The molecule has 1 unspecified atom stereocenters. The van der Waals surface area contributed by atoms with Gasteiger partial charge in [0.15, 0.2) is 11.5 Å². The Morgan fingerprint density at radius 3 is 3.08 bits per heavy atom. The number of fused-ring (bicyclic) bond motifs is 2. The zero-order valence-corrected chi connectivity index (χ0v) is 14.3. The first-order chi connectivity index (χ1) is 12.3. The number of nitrogens with zero attached hydrogens (tertiary/aromatic N) is 2. The summed E-state index contributed by atoms with van der Waals surface area (Å²) in [7, 11) is 0. The van der Waals surface area contributed by atoms with E-state index in [2.05, 4.69) is 34.2 Å². The van der Waals surface area contributed by atoms with Crippen molar-refractivity contribution in [2.75, 3.05) is 19.9 Å². The highest BCUT2D eigenvalue weighted by molar-refractivity contribution is 5.60. The lowest BCUT2D eigenvalue weighted by atomic mass is 9.89. The Morgan fingerprint density at radius 2 is 2.12 bits per heavy atom. The monoisotopic (exact) mass is 334 g/mol. The summed E-state index contributed by atoms with van der Waals surface area (Å²) in [4.78, 5) is 7.08. The molecule has 1 fully saturated rings. The van der Waals surface area contributed by atoms with Gasteiger partial charge in [-0.2, -0.15) is 0 Å². The van der Waals surface area contributed by atoms with Gasteiger partial charge in [0.1, 0.15) is 0 Å². The Labute approximate surface area is 148 Å². The molecule has 3 aliphatic rings. The molecule has 2 aliphatic heterocycles. The molecule has 0 radical (unpaired) electrons. The number of likely N-dealkylation sites (tertiary alicyclic amines) is 1. The number of pyridine rings is 1. The van der Waals surface area contributed by atoms with Crippen molar-refractivity contribution in [3.8, 4) is 11.5 Å². The molecule has 1 aromatic heterocycles. The molecule has 128 valence electrons. The smallest absolute Gasteiger partial charge is 0.231 e. The van der Waals surface area contributed by atoms with E-state index in [0.717, 1.165) is 31.0 Å². The van der Waals surface area contributed by atoms with Crippen LogP contribution in [-0.2, 0) is 13.0 Å². The van der Waals surface area contributed by atoms with Crippen molar-refractivity contribution in [1.82, 2.24) is 9.88 Å². The summed E-state index contributed by atoms with van der Waals surface area (Å²) in [5.41, 5.74) is 5.41. The number of benzene rings is 1. The van der Waals surface area contributed by atoms with E-state index in [1.54, 1.807) is 5.57 Å². The van der Waals surface area contributed by atoms with Gasteiger partial charge in [-0.3, -0.25) is 9.88 Å². The summed E-state index contributed by atoms with van der Waals surface area (Å²) in [6.45, 7) is 3.62. The minimum Gasteiger partial charge on any atom is -0.454 e. The second kappa shape index (κ2) is 6.19. The first-order valence-electron chi connectivity index (χ1n) is 9.10. The topological polar surface area (TPSA) is 34.6 Å². The van der Waals surface area contributed by atoms with Crippen LogP contribution in [0, 0.1) is 5.92 Å². The van der Waals surface area contributed by atoms with E-state index in [9.17, 15) is 0 Å². The minimum atomic E-state index is 0.341. The molecule has 0 bridgehead atoms. The second-order valence-electron chi connectivity index (χ2n) is 7.21. The molecule has 3 heterocycles. The van der Waals surface area contributed by atoms with Gasteiger partial charge < -0.3 is 9.47 Å². The average Bonchev–Trinajstić information content (AvgIpc) is 3.28. The van der Waals surface area contributed by atoms with Crippen LogP contribution < -0.4 is 9.47 Å². The fraction of sp³-hybridized carbons (Fsp3) is 0.381. The molecule has 0 spiro atoms. The van der Waals surface area contributed by atoms with Crippen LogP contribution in [0.25, 0.3) is 6.08 Å². The molecule has 4 heteroatoms. The number of aromatic nitrogens is 1. The highest BCUT2D eigenvalue weighted by Gasteiger charge is 2.26. The predicted octanol–water partition coefficient (Wildman–Crippen LogP) is 3.66. The van der Waals surface area contributed by atoms with E-state index in [1.807, 2.05) is 18.3 Å². The molecule has 0 N–H and O–H groups in total. The normalized spacial score (nSPS) is 21.9. The van der Waals surface area contributed by atoms with Crippen LogP contribution in [0.5, 0.6) is 11.5 Å². The standard InChI is InChI=1S/C21H22N2O2/c1-3-16-10-18(11-19(16)22-7-1)17-4-2-8-23(13-17)12-15-5-6-20-21(9-15)25-14-24-20/h1,3,5-7,9,11,17H,2,4,8,10,12-14H2. The van der Waals surface area contributed by atoms with Crippen LogP contribution in [-0.4, -0.2) is 29.8 Å². The van der Waals surface area contributed by atoms with Crippen molar-refractivity contribution >= 4 is 6.08 Å². The molecule has 0 amide bonds. The number of hydrogen-bond acceptors (Lipinski definition) is 4. The number of piperidine rings is 1. The van der Waals surface area contributed by atoms with Crippen molar-refractivity contribution in [2.24, 2.45) is 5.92 Å². The van der Waals surface area contributed by atoms with E-state index in [4.69, 9.17) is 9.47 Å². The third kappa shape index (κ3) is 2.91. The molecule has 1 atom stereocenters. The average molecular weight is 334 g/mol. The third-order valence-corrected chi connectivity index (χ3v) is 5.52. The highest BCUT2D eigenvalue weighted by atomic mass is 16.7. The Hall–Kier alpha value is -2.33. The van der Waals surface area contributed by atoms with Gasteiger partial charge in [0.25, 0.3) is 0 Å². The van der Waals surface area contributed by atoms with Gasteiger partial charge in [-0.05, 0) is 67.1 Å². The van der Waals surface area contributed by atoms with Gasteiger partial charge in [0.2, 0.25) is 6.79 Å². The van der Waals surface area contributed by atoms with E-state index < -0.39 is 0 Å². The van der Waals surface area contributed by atoms with Crippen LogP contribution in [0.1, 0.15) is 29.7 Å². The van der Waals surface area contributed by atoms with Crippen molar-refractivity contribution in [3.63, 3.8) is 0 Å². The summed E-state index contributed by atoms with van der Waals surface area (Å²) in [5, 5.41) is 0. The Bertz CT molecular complexity index is 830. The highest BCUT2D eigenvalue weighted by Crippen LogP contribution is 2.35. The fourth-order valence-electron chi connectivity index (χ4n) is 4.24.